The average Bonchev–Trinajstić information content (AvgIpc) is 2.17. The number of benzene rings is 1. The molecule has 0 aliphatic rings. The molecule has 1 aromatic rings. The minimum Gasteiger partial charge on any atom is -0.344 e. The van der Waals surface area contributed by atoms with Crippen LogP contribution in [0, 0.1) is 5.82 Å². The second kappa shape index (κ2) is 4.92. The molecule has 0 aromatic heterocycles. The molecular formula is C13H16FNO. The Hall–Kier alpha value is -1.64. The maximum absolute atomic E-state index is 12.8. The summed E-state index contributed by atoms with van der Waals surface area (Å²) in [5.74, 6) is -0.434. The van der Waals surface area contributed by atoms with Gasteiger partial charge in [-0.25, -0.2) is 4.39 Å². The van der Waals surface area contributed by atoms with Crippen LogP contribution < -0.4 is 5.32 Å². The quantitative estimate of drug-likeness (QED) is 0.781. The van der Waals surface area contributed by atoms with Gasteiger partial charge in [0.15, 0.2) is 0 Å². The molecule has 0 fully saturated rings. The van der Waals surface area contributed by atoms with Crippen molar-refractivity contribution in [3.8, 4) is 0 Å². The van der Waals surface area contributed by atoms with E-state index in [1.807, 2.05) is 13.8 Å². The lowest BCUT2D eigenvalue weighted by Crippen LogP contribution is -2.40. The number of nitrogens with one attached hydrogen (secondary N) is 1. The lowest BCUT2D eigenvalue weighted by Gasteiger charge is -2.26. The highest BCUT2D eigenvalue weighted by Crippen LogP contribution is 2.20. The summed E-state index contributed by atoms with van der Waals surface area (Å²) in [6.45, 7) is 5.54. The number of halogens is 1. The van der Waals surface area contributed by atoms with Gasteiger partial charge in [-0.3, -0.25) is 4.79 Å². The number of carbonyl (C=O) groups excluding carboxylic acids is 1. The zero-order valence-corrected chi connectivity index (χ0v) is 9.75. The molecule has 0 radical (unpaired) electrons. The Labute approximate surface area is 95.2 Å². The molecule has 0 saturated carbocycles. The SMILES string of the molecule is C/C=C/C(=O)NC(C)(C)c1ccc(F)cc1. The van der Waals surface area contributed by atoms with Crippen molar-refractivity contribution in [2.75, 3.05) is 0 Å². The zero-order valence-electron chi connectivity index (χ0n) is 9.75. The van der Waals surface area contributed by atoms with Gasteiger partial charge in [-0.2, -0.15) is 0 Å². The van der Waals surface area contributed by atoms with Crippen molar-refractivity contribution >= 4 is 5.91 Å². The third-order valence-electron chi connectivity index (χ3n) is 2.32. The van der Waals surface area contributed by atoms with Gasteiger partial charge in [-0.1, -0.05) is 18.2 Å². The van der Waals surface area contributed by atoms with E-state index in [9.17, 15) is 9.18 Å². The summed E-state index contributed by atoms with van der Waals surface area (Å²) in [6, 6.07) is 6.12. The summed E-state index contributed by atoms with van der Waals surface area (Å²) in [5.41, 5.74) is 0.358. The second-order valence-corrected chi connectivity index (χ2v) is 4.12. The fourth-order valence-corrected chi connectivity index (χ4v) is 1.44. The molecule has 1 amide bonds. The topological polar surface area (TPSA) is 29.1 Å². The molecule has 0 spiro atoms. The molecule has 86 valence electrons. The van der Waals surface area contributed by atoms with Crippen LogP contribution in [0.4, 0.5) is 4.39 Å². The van der Waals surface area contributed by atoms with Gasteiger partial charge in [0.25, 0.3) is 0 Å². The van der Waals surface area contributed by atoms with Gasteiger partial charge < -0.3 is 5.32 Å². The third kappa shape index (κ3) is 3.19. The highest BCUT2D eigenvalue weighted by molar-refractivity contribution is 5.88. The van der Waals surface area contributed by atoms with Crippen LogP contribution in [0.2, 0.25) is 0 Å². The maximum atomic E-state index is 12.8. The summed E-state index contributed by atoms with van der Waals surface area (Å²) in [4.78, 5) is 11.4. The molecule has 0 unspecified atom stereocenters. The first kappa shape index (κ1) is 12.4. The Balaban J connectivity index is 2.84. The Morgan fingerprint density at radius 2 is 1.88 bits per heavy atom. The van der Waals surface area contributed by atoms with Crippen LogP contribution in [0.25, 0.3) is 0 Å². The maximum Gasteiger partial charge on any atom is 0.244 e. The number of hydrogen-bond donors (Lipinski definition) is 1. The molecule has 1 N–H and O–H groups in total. The van der Waals surface area contributed by atoms with E-state index in [-0.39, 0.29) is 11.7 Å². The average molecular weight is 221 g/mol. The molecule has 3 heteroatoms. The molecular weight excluding hydrogens is 205 g/mol. The predicted molar refractivity (Wildman–Crippen MR) is 62.4 cm³/mol. The van der Waals surface area contributed by atoms with E-state index in [1.165, 1.54) is 18.2 Å². The van der Waals surface area contributed by atoms with E-state index in [0.717, 1.165) is 5.56 Å². The molecule has 0 bridgehead atoms. The van der Waals surface area contributed by atoms with Crippen LogP contribution in [0.5, 0.6) is 0 Å². The molecule has 16 heavy (non-hydrogen) atoms. The van der Waals surface area contributed by atoms with E-state index in [1.54, 1.807) is 25.1 Å². The van der Waals surface area contributed by atoms with E-state index in [0.29, 0.717) is 0 Å². The van der Waals surface area contributed by atoms with Gasteiger partial charge in [0.05, 0.1) is 5.54 Å². The van der Waals surface area contributed by atoms with E-state index < -0.39 is 5.54 Å². The molecule has 0 heterocycles. The van der Waals surface area contributed by atoms with E-state index >= 15 is 0 Å². The minimum atomic E-state index is -0.510. The van der Waals surface area contributed by atoms with Crippen molar-refractivity contribution in [3.63, 3.8) is 0 Å². The van der Waals surface area contributed by atoms with E-state index in [4.69, 9.17) is 0 Å². The number of allylic oxidation sites excluding steroid dienone is 1. The number of carbonyl (C=O) groups is 1. The predicted octanol–water partition coefficient (Wildman–Crippen LogP) is 2.75. The molecule has 2 nitrogen and oxygen atoms in total. The third-order valence-corrected chi connectivity index (χ3v) is 2.32. The van der Waals surface area contributed by atoms with Gasteiger partial charge in [-0.15, -0.1) is 0 Å². The lowest BCUT2D eigenvalue weighted by atomic mass is 9.94. The first-order valence-electron chi connectivity index (χ1n) is 5.16. The van der Waals surface area contributed by atoms with Crippen LogP contribution in [-0.4, -0.2) is 5.91 Å². The van der Waals surface area contributed by atoms with Crippen LogP contribution in [0.3, 0.4) is 0 Å². The van der Waals surface area contributed by atoms with Gasteiger partial charge >= 0.3 is 0 Å². The van der Waals surface area contributed by atoms with Gasteiger partial charge in [-0.05, 0) is 44.5 Å². The largest absolute Gasteiger partial charge is 0.344 e. The standard InChI is InChI=1S/C13H16FNO/c1-4-5-12(16)15-13(2,3)10-6-8-11(14)9-7-10/h4-9H,1-3H3,(H,15,16)/b5-4+. The number of rotatable bonds is 3. The second-order valence-electron chi connectivity index (χ2n) is 4.12. The van der Waals surface area contributed by atoms with Crippen molar-refractivity contribution in [1.29, 1.82) is 0 Å². The molecule has 1 aromatic carbocycles. The van der Waals surface area contributed by atoms with Crippen LogP contribution in [-0.2, 0) is 10.3 Å². The van der Waals surface area contributed by atoms with Crippen LogP contribution in [0.1, 0.15) is 26.3 Å². The number of amides is 1. The van der Waals surface area contributed by atoms with Crippen molar-refractivity contribution in [2.24, 2.45) is 0 Å². The highest BCUT2D eigenvalue weighted by Gasteiger charge is 2.21. The highest BCUT2D eigenvalue weighted by atomic mass is 19.1. The van der Waals surface area contributed by atoms with Crippen LogP contribution >= 0.6 is 0 Å². The van der Waals surface area contributed by atoms with Gasteiger partial charge in [0, 0.05) is 0 Å². The fraction of sp³-hybridized carbons (Fsp3) is 0.308. The van der Waals surface area contributed by atoms with Crippen molar-refractivity contribution in [1.82, 2.24) is 5.32 Å². The van der Waals surface area contributed by atoms with E-state index in [2.05, 4.69) is 5.32 Å². The summed E-state index contributed by atoms with van der Waals surface area (Å²) >= 11 is 0. The number of hydrogen-bond acceptors (Lipinski definition) is 1. The van der Waals surface area contributed by atoms with Crippen molar-refractivity contribution in [2.45, 2.75) is 26.3 Å². The molecule has 0 aliphatic carbocycles. The zero-order chi connectivity index (χ0) is 12.2. The lowest BCUT2D eigenvalue weighted by molar-refractivity contribution is -0.118. The van der Waals surface area contributed by atoms with Crippen molar-refractivity contribution in [3.05, 3.63) is 47.8 Å². The fourth-order valence-electron chi connectivity index (χ4n) is 1.44. The monoisotopic (exact) mass is 221 g/mol. The minimum absolute atomic E-state index is 0.156. The summed E-state index contributed by atoms with van der Waals surface area (Å²) in [6.07, 6.45) is 3.14. The Kier molecular flexibility index (Phi) is 3.82. The first-order chi connectivity index (χ1) is 7.45. The summed E-state index contributed by atoms with van der Waals surface area (Å²) < 4.78 is 12.8. The molecule has 0 aliphatic heterocycles. The van der Waals surface area contributed by atoms with Crippen molar-refractivity contribution < 1.29 is 9.18 Å². The summed E-state index contributed by atoms with van der Waals surface area (Å²) in [7, 11) is 0. The smallest absolute Gasteiger partial charge is 0.244 e. The Morgan fingerprint density at radius 1 is 1.31 bits per heavy atom. The Bertz CT molecular complexity index is 393. The van der Waals surface area contributed by atoms with Crippen LogP contribution in [0.15, 0.2) is 36.4 Å². The molecule has 0 atom stereocenters. The normalized spacial score (nSPS) is 11.8. The molecule has 1 rings (SSSR count). The van der Waals surface area contributed by atoms with Gasteiger partial charge in [0.2, 0.25) is 5.91 Å². The van der Waals surface area contributed by atoms with Gasteiger partial charge in [0.1, 0.15) is 5.82 Å². The first-order valence-corrected chi connectivity index (χ1v) is 5.16. The molecule has 0 saturated heterocycles. The Morgan fingerprint density at radius 3 is 2.38 bits per heavy atom. The summed E-state index contributed by atoms with van der Waals surface area (Å²) in [5, 5.41) is 2.84.